The Bertz CT molecular complexity index is 278. The maximum atomic E-state index is 12.9. The van der Waals surface area contributed by atoms with Crippen LogP contribution in [-0.2, 0) is 9.47 Å². The van der Waals surface area contributed by atoms with E-state index in [9.17, 15) is 4.39 Å². The van der Waals surface area contributed by atoms with Gasteiger partial charge in [-0.2, -0.15) is 0 Å². The van der Waals surface area contributed by atoms with Gasteiger partial charge in [-0.1, -0.05) is 18.2 Å². The van der Waals surface area contributed by atoms with E-state index >= 15 is 0 Å². The second-order valence-corrected chi connectivity index (χ2v) is 4.51. The average molecular weight is 226 g/mol. The van der Waals surface area contributed by atoms with Crippen LogP contribution >= 0.6 is 0 Å². The number of ether oxygens (including phenoxy) is 2. The van der Waals surface area contributed by atoms with Crippen LogP contribution in [0.3, 0.4) is 0 Å². The van der Waals surface area contributed by atoms with E-state index in [0.29, 0.717) is 18.3 Å². The van der Waals surface area contributed by atoms with Gasteiger partial charge in [-0.3, -0.25) is 0 Å². The lowest BCUT2D eigenvalue weighted by Gasteiger charge is -2.34. The molecule has 0 bridgehead atoms. The molecule has 2 nitrogen and oxygen atoms in total. The average Bonchev–Trinajstić information content (AvgIpc) is 2.32. The van der Waals surface area contributed by atoms with Gasteiger partial charge in [-0.05, 0) is 26.2 Å². The zero-order chi connectivity index (χ0) is 11.4. The largest absolute Gasteiger partial charge is 0.352 e. The fraction of sp³-hybridized carbons (Fsp3) is 0.692. The molecule has 3 heteroatoms. The molecule has 2 rings (SSSR count). The first kappa shape index (κ1) is 11.8. The predicted molar refractivity (Wildman–Crippen MR) is 60.5 cm³/mol. The third-order valence-electron chi connectivity index (χ3n) is 3.19. The van der Waals surface area contributed by atoms with E-state index in [-0.39, 0.29) is 12.1 Å². The van der Waals surface area contributed by atoms with E-state index in [2.05, 4.69) is 6.08 Å². The quantitative estimate of drug-likeness (QED) is 0.673. The fourth-order valence-electron chi connectivity index (χ4n) is 2.26. The highest BCUT2D eigenvalue weighted by atomic mass is 19.1. The van der Waals surface area contributed by atoms with Gasteiger partial charge < -0.3 is 9.47 Å². The Morgan fingerprint density at radius 2 is 2.12 bits per heavy atom. The van der Waals surface area contributed by atoms with Gasteiger partial charge in [-0.15, -0.1) is 0 Å². The monoisotopic (exact) mass is 226 g/mol. The summed E-state index contributed by atoms with van der Waals surface area (Å²) in [5.74, 6) is 0.710. The second-order valence-electron chi connectivity index (χ2n) is 4.51. The molecule has 1 fully saturated rings. The molecule has 0 saturated carbocycles. The first-order valence-electron chi connectivity index (χ1n) is 6.00. The molecule has 16 heavy (non-hydrogen) atoms. The van der Waals surface area contributed by atoms with Gasteiger partial charge in [0.1, 0.15) is 0 Å². The van der Waals surface area contributed by atoms with E-state index in [4.69, 9.17) is 9.47 Å². The van der Waals surface area contributed by atoms with E-state index in [0.717, 1.165) is 26.1 Å². The van der Waals surface area contributed by atoms with Crippen LogP contribution in [0.2, 0.25) is 0 Å². The highest BCUT2D eigenvalue weighted by Crippen LogP contribution is 2.30. The summed E-state index contributed by atoms with van der Waals surface area (Å²) in [6.07, 6.45) is 7.77. The second kappa shape index (κ2) is 5.60. The lowest BCUT2D eigenvalue weighted by atomic mass is 9.92. The van der Waals surface area contributed by atoms with Gasteiger partial charge in [-0.25, -0.2) is 4.39 Å². The summed E-state index contributed by atoms with van der Waals surface area (Å²) in [4.78, 5) is 0. The third kappa shape index (κ3) is 2.92. The van der Waals surface area contributed by atoms with Crippen LogP contribution < -0.4 is 0 Å². The minimum absolute atomic E-state index is 0.0128. The molecular weight excluding hydrogens is 207 g/mol. The van der Waals surface area contributed by atoms with Crippen molar-refractivity contribution in [2.75, 3.05) is 13.2 Å². The van der Waals surface area contributed by atoms with Crippen molar-refractivity contribution in [3.63, 3.8) is 0 Å². The SMILES string of the molecule is CC=CC1COC(C2CC=C(F)CC2)OC1. The summed E-state index contributed by atoms with van der Waals surface area (Å²) in [7, 11) is 0. The molecule has 0 aromatic carbocycles. The van der Waals surface area contributed by atoms with E-state index in [1.165, 1.54) is 0 Å². The smallest absolute Gasteiger partial charge is 0.160 e. The molecule has 0 aromatic rings. The fourth-order valence-corrected chi connectivity index (χ4v) is 2.26. The Labute approximate surface area is 96.1 Å². The van der Waals surface area contributed by atoms with Gasteiger partial charge in [0, 0.05) is 11.8 Å². The standard InChI is InChI=1S/C13H19FO2/c1-2-3-10-8-15-13(16-9-10)11-4-6-12(14)7-5-11/h2-3,6,10-11,13H,4-5,7-9H2,1H3. The van der Waals surface area contributed by atoms with Crippen LogP contribution in [0.15, 0.2) is 24.1 Å². The van der Waals surface area contributed by atoms with E-state index in [1.807, 2.05) is 13.0 Å². The van der Waals surface area contributed by atoms with Crippen LogP contribution in [-0.4, -0.2) is 19.5 Å². The zero-order valence-electron chi connectivity index (χ0n) is 9.69. The molecule has 1 unspecified atom stereocenters. The highest BCUT2D eigenvalue weighted by Gasteiger charge is 2.29. The molecule has 90 valence electrons. The van der Waals surface area contributed by atoms with Crippen LogP contribution in [0.25, 0.3) is 0 Å². The molecule has 1 saturated heterocycles. The summed E-state index contributed by atoms with van der Waals surface area (Å²) in [5, 5.41) is 0. The first-order valence-corrected chi connectivity index (χ1v) is 6.00. The summed E-state index contributed by atoms with van der Waals surface area (Å²) >= 11 is 0. The Hall–Kier alpha value is -0.670. The topological polar surface area (TPSA) is 18.5 Å². The van der Waals surface area contributed by atoms with E-state index in [1.54, 1.807) is 6.08 Å². The van der Waals surface area contributed by atoms with Crippen LogP contribution in [0, 0.1) is 11.8 Å². The van der Waals surface area contributed by atoms with Gasteiger partial charge in [0.25, 0.3) is 0 Å². The molecule has 0 amide bonds. The molecule has 0 N–H and O–H groups in total. The molecule has 0 spiro atoms. The Balaban J connectivity index is 1.81. The van der Waals surface area contributed by atoms with Crippen molar-refractivity contribution >= 4 is 0 Å². The van der Waals surface area contributed by atoms with E-state index < -0.39 is 0 Å². The number of allylic oxidation sites excluding steroid dienone is 3. The predicted octanol–water partition coefficient (Wildman–Crippen LogP) is 3.21. The molecule has 1 aliphatic carbocycles. The zero-order valence-corrected chi connectivity index (χ0v) is 9.69. The molecule has 1 heterocycles. The summed E-state index contributed by atoms with van der Waals surface area (Å²) < 4.78 is 24.2. The Morgan fingerprint density at radius 3 is 2.69 bits per heavy atom. The van der Waals surface area contributed by atoms with Crippen LogP contribution in [0.5, 0.6) is 0 Å². The molecule has 1 aliphatic heterocycles. The lowest BCUT2D eigenvalue weighted by Crippen LogP contribution is -2.36. The van der Waals surface area contributed by atoms with Crippen molar-refractivity contribution in [3.05, 3.63) is 24.1 Å². The van der Waals surface area contributed by atoms with Crippen molar-refractivity contribution in [1.82, 2.24) is 0 Å². The highest BCUT2D eigenvalue weighted by molar-refractivity contribution is 4.99. The lowest BCUT2D eigenvalue weighted by molar-refractivity contribution is -0.219. The molecule has 2 aliphatic rings. The maximum absolute atomic E-state index is 12.9. The number of hydrogen-bond acceptors (Lipinski definition) is 2. The number of halogens is 1. The van der Waals surface area contributed by atoms with Crippen molar-refractivity contribution in [3.8, 4) is 0 Å². The Morgan fingerprint density at radius 1 is 1.38 bits per heavy atom. The summed E-state index contributed by atoms with van der Waals surface area (Å²) in [5.41, 5.74) is 0. The molecular formula is C13H19FO2. The molecule has 1 atom stereocenters. The summed E-state index contributed by atoms with van der Waals surface area (Å²) in [6.45, 7) is 3.44. The number of hydrogen-bond donors (Lipinski definition) is 0. The summed E-state index contributed by atoms with van der Waals surface area (Å²) in [6, 6.07) is 0. The van der Waals surface area contributed by atoms with Crippen molar-refractivity contribution in [2.45, 2.75) is 32.5 Å². The van der Waals surface area contributed by atoms with Gasteiger partial charge >= 0.3 is 0 Å². The minimum Gasteiger partial charge on any atom is -0.352 e. The number of rotatable bonds is 2. The molecule has 0 radical (unpaired) electrons. The maximum Gasteiger partial charge on any atom is 0.160 e. The van der Waals surface area contributed by atoms with Crippen molar-refractivity contribution < 1.29 is 13.9 Å². The van der Waals surface area contributed by atoms with Gasteiger partial charge in [0.2, 0.25) is 0 Å². The third-order valence-corrected chi connectivity index (χ3v) is 3.19. The van der Waals surface area contributed by atoms with Gasteiger partial charge in [0.15, 0.2) is 6.29 Å². The minimum atomic E-state index is -0.133. The first-order chi connectivity index (χ1) is 7.79. The molecule has 0 aromatic heterocycles. The van der Waals surface area contributed by atoms with Crippen LogP contribution in [0.4, 0.5) is 4.39 Å². The normalized spacial score (nSPS) is 36.4. The van der Waals surface area contributed by atoms with Crippen LogP contribution in [0.1, 0.15) is 26.2 Å². The van der Waals surface area contributed by atoms with Crippen molar-refractivity contribution in [2.24, 2.45) is 11.8 Å². The Kier molecular flexibility index (Phi) is 4.13. The van der Waals surface area contributed by atoms with Crippen molar-refractivity contribution in [1.29, 1.82) is 0 Å². The van der Waals surface area contributed by atoms with Gasteiger partial charge in [0.05, 0.1) is 19.0 Å².